The maximum atomic E-state index is 12.9. The lowest BCUT2D eigenvalue weighted by Crippen LogP contribution is -2.33. The number of hydrogen-bond donors (Lipinski definition) is 3. The van der Waals surface area contributed by atoms with Crippen molar-refractivity contribution in [3.63, 3.8) is 0 Å². The molecule has 2 aromatic heterocycles. The highest BCUT2D eigenvalue weighted by Gasteiger charge is 2.31. The van der Waals surface area contributed by atoms with Crippen molar-refractivity contribution in [1.29, 1.82) is 0 Å². The van der Waals surface area contributed by atoms with Gasteiger partial charge >= 0.3 is 6.03 Å². The van der Waals surface area contributed by atoms with Gasteiger partial charge in [0.05, 0.1) is 42.7 Å². The molecule has 1 fully saturated rings. The largest absolute Gasteiger partial charge is 0.391 e. The second-order valence-corrected chi connectivity index (χ2v) is 8.86. The molecule has 1 aliphatic heterocycles. The van der Waals surface area contributed by atoms with E-state index in [1.165, 1.54) is 5.06 Å². The van der Waals surface area contributed by atoms with Gasteiger partial charge in [-0.25, -0.2) is 14.8 Å². The molecule has 0 aliphatic carbocycles. The van der Waals surface area contributed by atoms with E-state index in [1.54, 1.807) is 42.5 Å². The van der Waals surface area contributed by atoms with Crippen LogP contribution in [-0.4, -0.2) is 48.7 Å². The summed E-state index contributed by atoms with van der Waals surface area (Å²) >= 11 is 0. The highest BCUT2D eigenvalue weighted by molar-refractivity contribution is 5.89. The van der Waals surface area contributed by atoms with Gasteiger partial charge < -0.3 is 15.7 Å². The molecule has 1 aliphatic rings. The van der Waals surface area contributed by atoms with Crippen LogP contribution in [0.3, 0.4) is 0 Å². The standard InChI is InChI=1S/C28H27N7O3/c1-20(36)18-34-19-25(17-31-34)32-27-29-15-22(16-30-27)11-10-21-6-5-9-24(14-21)33-28(37)35-26(12-13-38-35)23-7-3-2-4-8-23/h2-9,14-17,19-20,26,36H,12-13,18H2,1H3,(H,33,37)(H,29,30,32)/t20-,26+/m1/s1. The first kappa shape index (κ1) is 25.0. The van der Waals surface area contributed by atoms with Crippen molar-refractivity contribution >= 4 is 23.4 Å². The fourth-order valence-electron chi connectivity index (χ4n) is 4.03. The van der Waals surface area contributed by atoms with Crippen LogP contribution in [0.25, 0.3) is 0 Å². The SMILES string of the molecule is C[C@@H](O)Cn1cc(Nc2ncc(C#Cc3cccc(NC(=O)N4OCC[C@H]4c4ccccc4)c3)cn2)cn1. The van der Waals surface area contributed by atoms with Crippen LogP contribution in [0.1, 0.15) is 36.1 Å². The first-order valence-electron chi connectivity index (χ1n) is 12.2. The number of hydroxylamine groups is 2. The van der Waals surface area contributed by atoms with Crippen LogP contribution in [-0.2, 0) is 11.4 Å². The van der Waals surface area contributed by atoms with Crippen LogP contribution in [0, 0.1) is 11.8 Å². The number of aliphatic hydroxyl groups is 1. The number of urea groups is 1. The normalized spacial score (nSPS) is 15.4. The summed E-state index contributed by atoms with van der Waals surface area (Å²) in [5, 5.41) is 21.0. The fraction of sp³-hybridized carbons (Fsp3) is 0.214. The maximum absolute atomic E-state index is 12.9. The molecule has 2 atom stereocenters. The predicted molar refractivity (Wildman–Crippen MR) is 142 cm³/mol. The van der Waals surface area contributed by atoms with Crippen LogP contribution in [0.2, 0.25) is 0 Å². The lowest BCUT2D eigenvalue weighted by molar-refractivity contribution is -0.0829. The quantitative estimate of drug-likeness (QED) is 0.335. The lowest BCUT2D eigenvalue weighted by Gasteiger charge is -2.23. The molecule has 1 saturated heterocycles. The average Bonchev–Trinajstić information content (AvgIpc) is 3.59. The van der Waals surface area contributed by atoms with Crippen molar-refractivity contribution in [1.82, 2.24) is 24.8 Å². The number of aliphatic hydroxyl groups excluding tert-OH is 1. The van der Waals surface area contributed by atoms with Crippen LogP contribution in [0.4, 0.5) is 22.1 Å². The van der Waals surface area contributed by atoms with Gasteiger partial charge in [0, 0.05) is 36.3 Å². The molecule has 3 heterocycles. The van der Waals surface area contributed by atoms with E-state index in [0.29, 0.717) is 30.4 Å². The molecule has 5 rings (SSSR count). The summed E-state index contributed by atoms with van der Waals surface area (Å²) in [7, 11) is 0. The Morgan fingerprint density at radius 1 is 1.08 bits per heavy atom. The van der Waals surface area contributed by atoms with Crippen LogP contribution < -0.4 is 10.6 Å². The first-order valence-corrected chi connectivity index (χ1v) is 12.2. The Balaban J connectivity index is 1.20. The van der Waals surface area contributed by atoms with E-state index >= 15 is 0 Å². The molecule has 10 nitrogen and oxygen atoms in total. The Morgan fingerprint density at radius 3 is 2.66 bits per heavy atom. The van der Waals surface area contributed by atoms with E-state index < -0.39 is 6.10 Å². The van der Waals surface area contributed by atoms with Gasteiger partial charge in [-0.2, -0.15) is 10.2 Å². The zero-order valence-corrected chi connectivity index (χ0v) is 20.8. The van der Waals surface area contributed by atoms with E-state index in [1.807, 2.05) is 48.5 Å². The molecular weight excluding hydrogens is 482 g/mol. The second-order valence-electron chi connectivity index (χ2n) is 8.86. The van der Waals surface area contributed by atoms with E-state index in [0.717, 1.165) is 23.2 Å². The highest BCUT2D eigenvalue weighted by atomic mass is 16.7. The van der Waals surface area contributed by atoms with E-state index in [9.17, 15) is 9.90 Å². The van der Waals surface area contributed by atoms with Gasteiger partial charge in [-0.1, -0.05) is 48.2 Å². The van der Waals surface area contributed by atoms with Crippen LogP contribution in [0.15, 0.2) is 79.4 Å². The summed E-state index contributed by atoms with van der Waals surface area (Å²) in [4.78, 5) is 27.1. The number of hydrogen-bond acceptors (Lipinski definition) is 7. The molecule has 0 saturated carbocycles. The minimum atomic E-state index is -0.486. The van der Waals surface area contributed by atoms with Crippen molar-refractivity contribution in [2.45, 2.75) is 32.0 Å². The average molecular weight is 510 g/mol. The number of carbonyl (C=O) groups excluding carboxylic acids is 1. The number of nitrogens with one attached hydrogen (secondary N) is 2. The summed E-state index contributed by atoms with van der Waals surface area (Å²) in [5.41, 5.74) is 3.76. The van der Waals surface area contributed by atoms with Gasteiger partial charge in [0.2, 0.25) is 5.95 Å². The summed E-state index contributed by atoms with van der Waals surface area (Å²) in [5.74, 6) is 6.54. The minimum Gasteiger partial charge on any atom is -0.391 e. The summed E-state index contributed by atoms with van der Waals surface area (Å²) in [6.45, 7) is 2.60. The van der Waals surface area contributed by atoms with Crippen molar-refractivity contribution in [2.75, 3.05) is 17.2 Å². The van der Waals surface area contributed by atoms with Gasteiger partial charge in [-0.05, 0) is 30.7 Å². The molecule has 2 aromatic carbocycles. The summed E-state index contributed by atoms with van der Waals surface area (Å²) in [6.07, 6.45) is 6.92. The Hall–Kier alpha value is -4.72. The number of anilines is 3. The molecule has 2 amide bonds. The van der Waals surface area contributed by atoms with Gasteiger partial charge in [-0.3, -0.25) is 9.52 Å². The maximum Gasteiger partial charge on any atom is 0.346 e. The van der Waals surface area contributed by atoms with Crippen LogP contribution >= 0.6 is 0 Å². The van der Waals surface area contributed by atoms with Crippen LogP contribution in [0.5, 0.6) is 0 Å². The summed E-state index contributed by atoms with van der Waals surface area (Å²) < 4.78 is 1.64. The Bertz CT molecular complexity index is 1440. The predicted octanol–water partition coefficient (Wildman–Crippen LogP) is 4.11. The topological polar surface area (TPSA) is 117 Å². The van der Waals surface area contributed by atoms with E-state index in [-0.39, 0.29) is 12.1 Å². The Morgan fingerprint density at radius 2 is 1.87 bits per heavy atom. The van der Waals surface area contributed by atoms with Crippen molar-refractivity contribution < 1.29 is 14.7 Å². The molecule has 0 radical (unpaired) electrons. The van der Waals surface area contributed by atoms with Crippen molar-refractivity contribution in [2.24, 2.45) is 0 Å². The third kappa shape index (κ3) is 6.34. The summed E-state index contributed by atoms with van der Waals surface area (Å²) in [6, 6.07) is 16.7. The second kappa shape index (κ2) is 11.6. The number of amides is 2. The molecule has 0 spiro atoms. The number of carbonyl (C=O) groups is 1. The molecule has 192 valence electrons. The van der Waals surface area contributed by atoms with Crippen molar-refractivity contribution in [3.05, 3.63) is 96.1 Å². The van der Waals surface area contributed by atoms with Gasteiger partial charge in [0.25, 0.3) is 0 Å². The fourth-order valence-corrected chi connectivity index (χ4v) is 4.03. The van der Waals surface area contributed by atoms with Gasteiger partial charge in [-0.15, -0.1) is 0 Å². The molecule has 10 heteroatoms. The van der Waals surface area contributed by atoms with Gasteiger partial charge in [0.15, 0.2) is 0 Å². The third-order valence-electron chi connectivity index (χ3n) is 5.75. The zero-order chi connectivity index (χ0) is 26.3. The van der Waals surface area contributed by atoms with Gasteiger partial charge in [0.1, 0.15) is 0 Å². The molecular formula is C28H27N7O3. The molecule has 3 N–H and O–H groups in total. The van der Waals surface area contributed by atoms with E-state index in [4.69, 9.17) is 4.84 Å². The molecule has 4 aromatic rings. The molecule has 0 bridgehead atoms. The monoisotopic (exact) mass is 509 g/mol. The number of benzene rings is 2. The molecule has 0 unspecified atom stereocenters. The number of rotatable bonds is 6. The Kier molecular flexibility index (Phi) is 7.59. The molecule has 38 heavy (non-hydrogen) atoms. The number of nitrogens with zero attached hydrogens (tertiary/aromatic N) is 5. The first-order chi connectivity index (χ1) is 18.5. The number of aromatic nitrogens is 4. The lowest BCUT2D eigenvalue weighted by atomic mass is 10.1. The van der Waals surface area contributed by atoms with E-state index in [2.05, 4.69) is 37.5 Å². The minimum absolute atomic E-state index is 0.128. The third-order valence-corrected chi connectivity index (χ3v) is 5.75. The Labute approximate surface area is 220 Å². The highest BCUT2D eigenvalue weighted by Crippen LogP contribution is 2.30. The zero-order valence-electron chi connectivity index (χ0n) is 20.8. The smallest absolute Gasteiger partial charge is 0.346 e. The van der Waals surface area contributed by atoms with Crippen molar-refractivity contribution in [3.8, 4) is 11.8 Å².